The van der Waals surface area contributed by atoms with Crippen molar-refractivity contribution in [2.75, 3.05) is 19.8 Å². The van der Waals surface area contributed by atoms with Crippen LogP contribution in [0.5, 0.6) is 0 Å². The van der Waals surface area contributed by atoms with E-state index in [4.69, 9.17) is 0 Å². The fourth-order valence-corrected chi connectivity index (χ4v) is 2.23. The largest absolute Gasteiger partial charge is 0.337 e. The number of carbonyl (C=O) groups excluding carboxylic acids is 1. The van der Waals surface area contributed by atoms with E-state index in [-0.39, 0.29) is 18.5 Å². The van der Waals surface area contributed by atoms with E-state index in [1.165, 1.54) is 5.56 Å². The van der Waals surface area contributed by atoms with Gasteiger partial charge < -0.3 is 10.2 Å². The molecule has 1 aromatic carbocycles. The Morgan fingerprint density at radius 1 is 1.39 bits per heavy atom. The minimum atomic E-state index is -0.429. The third-order valence-corrected chi connectivity index (χ3v) is 3.28. The van der Waals surface area contributed by atoms with Gasteiger partial charge in [-0.15, -0.1) is 0 Å². The highest BCUT2D eigenvalue weighted by Crippen LogP contribution is 2.15. The van der Waals surface area contributed by atoms with Gasteiger partial charge in [-0.05, 0) is 18.9 Å². The predicted molar refractivity (Wildman–Crippen MR) is 69.0 cm³/mol. The number of carbonyl (C=O) groups is 1. The van der Waals surface area contributed by atoms with Crippen LogP contribution in [0.15, 0.2) is 24.3 Å². The van der Waals surface area contributed by atoms with E-state index in [0.29, 0.717) is 6.54 Å². The van der Waals surface area contributed by atoms with Crippen molar-refractivity contribution in [2.24, 2.45) is 0 Å². The summed E-state index contributed by atoms with van der Waals surface area (Å²) in [5, 5.41) is 2.94. The molecule has 3 nitrogen and oxygen atoms in total. The molecule has 2 rings (SSSR count). The van der Waals surface area contributed by atoms with Crippen LogP contribution in [0.1, 0.15) is 17.5 Å². The molecule has 0 bridgehead atoms. The van der Waals surface area contributed by atoms with Crippen LogP contribution < -0.4 is 5.32 Å². The normalized spacial score (nSPS) is 19.6. The van der Waals surface area contributed by atoms with Gasteiger partial charge in [0.25, 0.3) is 0 Å². The van der Waals surface area contributed by atoms with E-state index in [1.807, 2.05) is 24.0 Å². The number of rotatable bonds is 5. The Hall–Kier alpha value is -1.42. The molecule has 18 heavy (non-hydrogen) atoms. The van der Waals surface area contributed by atoms with Crippen molar-refractivity contribution in [1.82, 2.24) is 10.2 Å². The zero-order chi connectivity index (χ0) is 13.0. The van der Waals surface area contributed by atoms with Gasteiger partial charge in [0.1, 0.15) is 6.67 Å². The molecule has 1 atom stereocenters. The zero-order valence-electron chi connectivity index (χ0n) is 10.7. The first-order chi connectivity index (χ1) is 8.70. The molecule has 1 amide bonds. The number of benzene rings is 1. The molecule has 1 saturated heterocycles. The fourth-order valence-electron chi connectivity index (χ4n) is 2.23. The monoisotopic (exact) mass is 250 g/mol. The van der Waals surface area contributed by atoms with Crippen molar-refractivity contribution in [3.8, 4) is 0 Å². The second kappa shape index (κ2) is 5.96. The number of aryl methyl sites for hydroxylation is 1. The van der Waals surface area contributed by atoms with E-state index in [1.54, 1.807) is 0 Å². The lowest BCUT2D eigenvalue weighted by atomic mass is 10.1. The summed E-state index contributed by atoms with van der Waals surface area (Å²) in [6.07, 6.45) is 0.769. The summed E-state index contributed by atoms with van der Waals surface area (Å²) in [7, 11) is 0. The Balaban J connectivity index is 1.91. The standard InChI is InChI=1S/C14H19FN2O/c1-11-2-4-12(5-3-11)10-17-9-6-13(14(17)18)16-8-7-15/h2-5,13,16H,6-10H2,1H3/t13-/m1/s1. The van der Waals surface area contributed by atoms with Gasteiger partial charge in [-0.1, -0.05) is 29.8 Å². The molecule has 0 radical (unpaired) electrons. The van der Waals surface area contributed by atoms with Crippen LogP contribution in [-0.4, -0.2) is 36.6 Å². The lowest BCUT2D eigenvalue weighted by Crippen LogP contribution is -2.38. The van der Waals surface area contributed by atoms with Gasteiger partial charge in [0.05, 0.1) is 6.04 Å². The molecule has 0 spiro atoms. The molecule has 1 aliphatic heterocycles. The van der Waals surface area contributed by atoms with Gasteiger partial charge in [-0.2, -0.15) is 0 Å². The molecule has 0 saturated carbocycles. The van der Waals surface area contributed by atoms with E-state index in [2.05, 4.69) is 17.4 Å². The van der Waals surface area contributed by atoms with Gasteiger partial charge >= 0.3 is 0 Å². The number of likely N-dealkylation sites (tertiary alicyclic amines) is 1. The smallest absolute Gasteiger partial charge is 0.240 e. The molecule has 1 N–H and O–H groups in total. The summed E-state index contributed by atoms with van der Waals surface area (Å²) < 4.78 is 12.1. The number of nitrogens with one attached hydrogen (secondary N) is 1. The van der Waals surface area contributed by atoms with Crippen LogP contribution in [0.4, 0.5) is 4.39 Å². The minimum Gasteiger partial charge on any atom is -0.337 e. The third kappa shape index (κ3) is 3.07. The molecular weight excluding hydrogens is 231 g/mol. The van der Waals surface area contributed by atoms with Gasteiger partial charge in [0.15, 0.2) is 0 Å². The highest BCUT2D eigenvalue weighted by Gasteiger charge is 2.30. The van der Waals surface area contributed by atoms with E-state index in [0.717, 1.165) is 18.5 Å². The maximum atomic E-state index is 12.1. The summed E-state index contributed by atoms with van der Waals surface area (Å²) in [5.74, 6) is 0.0871. The molecular formula is C14H19FN2O. The molecule has 0 unspecified atom stereocenters. The lowest BCUT2D eigenvalue weighted by Gasteiger charge is -2.17. The number of alkyl halides is 1. The van der Waals surface area contributed by atoms with Crippen LogP contribution in [0.25, 0.3) is 0 Å². The molecule has 4 heteroatoms. The van der Waals surface area contributed by atoms with Crippen molar-refractivity contribution in [2.45, 2.75) is 25.9 Å². The minimum absolute atomic E-state index is 0.0871. The Morgan fingerprint density at radius 2 is 2.11 bits per heavy atom. The number of nitrogens with zero attached hydrogens (tertiary/aromatic N) is 1. The number of amides is 1. The van der Waals surface area contributed by atoms with Gasteiger partial charge in [-0.3, -0.25) is 4.79 Å². The van der Waals surface area contributed by atoms with Gasteiger partial charge in [-0.25, -0.2) is 4.39 Å². The Labute approximate surface area is 107 Å². The first-order valence-electron chi connectivity index (χ1n) is 6.34. The summed E-state index contributed by atoms with van der Waals surface area (Å²) in [6.45, 7) is 3.27. The zero-order valence-corrected chi connectivity index (χ0v) is 10.7. The molecule has 1 fully saturated rings. The fraction of sp³-hybridized carbons (Fsp3) is 0.500. The number of hydrogen-bond donors (Lipinski definition) is 1. The maximum absolute atomic E-state index is 12.1. The summed E-state index contributed by atoms with van der Waals surface area (Å²) in [5.41, 5.74) is 2.36. The Morgan fingerprint density at radius 3 is 2.78 bits per heavy atom. The molecule has 0 aromatic heterocycles. The summed E-state index contributed by atoms with van der Waals surface area (Å²) >= 11 is 0. The van der Waals surface area contributed by atoms with E-state index in [9.17, 15) is 9.18 Å². The first-order valence-corrected chi connectivity index (χ1v) is 6.34. The Kier molecular flexibility index (Phi) is 4.31. The van der Waals surface area contributed by atoms with Crippen molar-refractivity contribution < 1.29 is 9.18 Å². The van der Waals surface area contributed by atoms with Crippen molar-refractivity contribution >= 4 is 5.91 Å². The lowest BCUT2D eigenvalue weighted by molar-refractivity contribution is -0.129. The Bertz CT molecular complexity index is 405. The third-order valence-electron chi connectivity index (χ3n) is 3.28. The molecule has 1 aliphatic rings. The summed E-state index contributed by atoms with van der Waals surface area (Å²) in [6, 6.07) is 7.99. The molecule has 98 valence electrons. The van der Waals surface area contributed by atoms with E-state index >= 15 is 0 Å². The number of halogens is 1. The topological polar surface area (TPSA) is 32.3 Å². The van der Waals surface area contributed by atoms with Crippen LogP contribution >= 0.6 is 0 Å². The highest BCUT2D eigenvalue weighted by molar-refractivity contribution is 5.83. The van der Waals surface area contributed by atoms with Gasteiger partial charge in [0, 0.05) is 19.6 Å². The van der Waals surface area contributed by atoms with E-state index < -0.39 is 6.67 Å². The highest BCUT2D eigenvalue weighted by atomic mass is 19.1. The predicted octanol–water partition coefficient (Wildman–Crippen LogP) is 1.66. The van der Waals surface area contributed by atoms with Gasteiger partial charge in [0.2, 0.25) is 5.91 Å². The second-order valence-electron chi connectivity index (χ2n) is 4.73. The number of hydrogen-bond acceptors (Lipinski definition) is 2. The first kappa shape index (κ1) is 13.0. The van der Waals surface area contributed by atoms with Crippen LogP contribution in [0, 0.1) is 6.92 Å². The molecule has 1 heterocycles. The van der Waals surface area contributed by atoms with Crippen molar-refractivity contribution in [3.63, 3.8) is 0 Å². The average molecular weight is 250 g/mol. The average Bonchev–Trinajstić information content (AvgIpc) is 2.71. The van der Waals surface area contributed by atoms with Crippen LogP contribution in [0.2, 0.25) is 0 Å². The van der Waals surface area contributed by atoms with Crippen molar-refractivity contribution in [3.05, 3.63) is 35.4 Å². The quantitative estimate of drug-likeness (QED) is 0.862. The van der Waals surface area contributed by atoms with Crippen LogP contribution in [0.3, 0.4) is 0 Å². The van der Waals surface area contributed by atoms with Crippen molar-refractivity contribution in [1.29, 1.82) is 0 Å². The van der Waals surface area contributed by atoms with Crippen LogP contribution in [-0.2, 0) is 11.3 Å². The summed E-state index contributed by atoms with van der Waals surface area (Å²) in [4.78, 5) is 13.9. The molecule has 0 aliphatic carbocycles. The SMILES string of the molecule is Cc1ccc(CN2CC[C@@H](NCCF)C2=O)cc1. The maximum Gasteiger partial charge on any atom is 0.240 e. The second-order valence-corrected chi connectivity index (χ2v) is 4.73. The molecule has 1 aromatic rings.